The van der Waals surface area contributed by atoms with Gasteiger partial charge in [-0.1, -0.05) is 20.8 Å². The zero-order valence-electron chi connectivity index (χ0n) is 19.6. The average molecular weight is 474 g/mol. The zero-order chi connectivity index (χ0) is 25.4. The van der Waals surface area contributed by atoms with Crippen molar-refractivity contribution in [2.24, 2.45) is 0 Å². The number of carbonyl (C=O) groups excluding carboxylic acids is 6. The van der Waals surface area contributed by atoms with Gasteiger partial charge in [0.15, 0.2) is 0 Å². The van der Waals surface area contributed by atoms with Gasteiger partial charge in [-0.15, -0.1) is 0 Å². The number of rotatable bonds is 12. The summed E-state index contributed by atoms with van der Waals surface area (Å²) in [6.45, 7) is 8.92. The van der Waals surface area contributed by atoms with E-state index in [1.165, 1.54) is 0 Å². The van der Waals surface area contributed by atoms with Crippen molar-refractivity contribution in [3.8, 4) is 0 Å². The molecule has 10 nitrogen and oxygen atoms in total. The summed E-state index contributed by atoms with van der Waals surface area (Å²) < 4.78 is 0. The van der Waals surface area contributed by atoms with Gasteiger partial charge in [-0.25, -0.2) is 0 Å². The molecular weight excluding hydrogens is 439 g/mol. The van der Waals surface area contributed by atoms with Crippen LogP contribution in [-0.2, 0) is 28.8 Å². The van der Waals surface area contributed by atoms with Crippen LogP contribution in [0.15, 0.2) is 0 Å². The number of aliphatic hydroxyl groups is 1. The van der Waals surface area contributed by atoms with Gasteiger partial charge in [-0.2, -0.15) is 0 Å². The number of hydrogen-bond acceptors (Lipinski definition) is 10. The SMILES string of the molecule is CC(C)O.CCCC(=O)CC(=O)[O-].CCCC(=O)CC(=O)[O-].CCCC(=O)CC(=O)[O-].[Al+3]. The minimum absolute atomic E-state index is 0. The van der Waals surface area contributed by atoms with Crippen LogP contribution in [0.2, 0.25) is 0 Å². The number of aliphatic carboxylic acids is 3. The molecule has 0 aromatic rings. The normalized spacial score (nSPS) is 8.72. The molecule has 0 aliphatic heterocycles. The summed E-state index contributed by atoms with van der Waals surface area (Å²) >= 11 is 0. The molecule has 182 valence electrons. The van der Waals surface area contributed by atoms with Crippen LogP contribution in [0.5, 0.6) is 0 Å². The summed E-state index contributed by atoms with van der Waals surface area (Å²) in [7, 11) is 0. The Kier molecular flexibility index (Phi) is 36.4. The molecule has 0 saturated heterocycles. The van der Waals surface area contributed by atoms with Crippen molar-refractivity contribution >= 4 is 52.6 Å². The maximum atomic E-state index is 10.4. The van der Waals surface area contributed by atoms with Crippen molar-refractivity contribution in [2.45, 2.75) is 98.5 Å². The molecule has 0 amide bonds. The summed E-state index contributed by atoms with van der Waals surface area (Å²) in [6, 6.07) is 0. The fraction of sp³-hybridized carbons (Fsp3) is 0.714. The molecule has 0 fully saturated rings. The van der Waals surface area contributed by atoms with Crippen molar-refractivity contribution in [1.82, 2.24) is 0 Å². The molecule has 1 N–H and O–H groups in total. The standard InChI is InChI=1S/3C6H10O3.C3H8O.Al/c3*1-2-3-5(7)4-6(8)9;1-3(2)4;/h3*2-4H2,1H3,(H,8,9);3-4H,1-2H3;/q;;;;+3/p-3. The first kappa shape index (κ1) is 40.3. The van der Waals surface area contributed by atoms with E-state index in [-0.39, 0.29) is 40.8 Å². The molecule has 0 unspecified atom stereocenters. The largest absolute Gasteiger partial charge is 3.00 e. The van der Waals surface area contributed by atoms with Crippen molar-refractivity contribution < 1.29 is 49.2 Å². The maximum Gasteiger partial charge on any atom is 3.00 e. The third kappa shape index (κ3) is 56.5. The molecule has 0 rings (SSSR count). The Hall–Kier alpha value is -2.09. The van der Waals surface area contributed by atoms with Gasteiger partial charge in [0.2, 0.25) is 0 Å². The molecule has 32 heavy (non-hydrogen) atoms. The fourth-order valence-electron chi connectivity index (χ4n) is 1.58. The van der Waals surface area contributed by atoms with Gasteiger partial charge in [-0.05, 0) is 33.1 Å². The van der Waals surface area contributed by atoms with Gasteiger partial charge in [0, 0.05) is 62.5 Å². The van der Waals surface area contributed by atoms with E-state index in [1.54, 1.807) is 13.8 Å². The Morgan fingerprint density at radius 3 is 0.844 bits per heavy atom. The molecule has 0 aromatic carbocycles. The third-order valence-electron chi connectivity index (χ3n) is 2.61. The first-order chi connectivity index (χ1) is 14.2. The molecule has 0 atom stereocenters. The second kappa shape index (κ2) is 28.9. The van der Waals surface area contributed by atoms with Crippen molar-refractivity contribution in [3.05, 3.63) is 0 Å². The van der Waals surface area contributed by atoms with E-state index in [1.807, 2.05) is 20.8 Å². The van der Waals surface area contributed by atoms with Gasteiger partial charge in [0.1, 0.15) is 17.3 Å². The summed E-state index contributed by atoms with van der Waals surface area (Å²) in [5, 5.41) is 37.3. The molecule has 0 aromatic heterocycles. The summed E-state index contributed by atoms with van der Waals surface area (Å²) in [5.41, 5.74) is 0. The second-order valence-corrected chi connectivity index (χ2v) is 6.61. The molecule has 0 aliphatic carbocycles. The maximum absolute atomic E-state index is 10.4. The Bertz CT molecular complexity index is 471. The fourth-order valence-corrected chi connectivity index (χ4v) is 1.58. The smallest absolute Gasteiger partial charge is 0.550 e. The van der Waals surface area contributed by atoms with Crippen LogP contribution < -0.4 is 15.3 Å². The predicted octanol–water partition coefficient (Wildman–Crippen LogP) is -1.51. The number of carbonyl (C=O) groups is 6. The van der Waals surface area contributed by atoms with E-state index in [9.17, 15) is 44.1 Å². The van der Waals surface area contributed by atoms with Gasteiger partial charge >= 0.3 is 17.4 Å². The summed E-state index contributed by atoms with van der Waals surface area (Å²) in [4.78, 5) is 60.6. The van der Waals surface area contributed by atoms with E-state index in [4.69, 9.17) is 5.11 Å². The molecule has 0 saturated carbocycles. The number of Topliss-reactive ketones (excluding diaryl/α,β-unsaturated/α-hetero) is 3. The number of carboxylic acid groups (broad SMARTS) is 3. The number of ketones is 3. The monoisotopic (exact) mass is 474 g/mol. The number of aliphatic hydroxyl groups excluding tert-OH is 1. The first-order valence-electron chi connectivity index (χ1n) is 10.1. The number of hydrogen-bond donors (Lipinski definition) is 1. The predicted molar refractivity (Wildman–Crippen MR) is 112 cm³/mol. The summed E-state index contributed by atoms with van der Waals surface area (Å²) in [5.74, 6) is -4.61. The molecule has 0 aliphatic rings. The van der Waals surface area contributed by atoms with Crippen LogP contribution in [0.1, 0.15) is 92.4 Å². The molecule has 0 spiro atoms. The topological polar surface area (TPSA) is 192 Å². The van der Waals surface area contributed by atoms with Crippen molar-refractivity contribution in [2.75, 3.05) is 0 Å². The van der Waals surface area contributed by atoms with Crippen LogP contribution in [0, 0.1) is 0 Å². The van der Waals surface area contributed by atoms with Crippen molar-refractivity contribution in [1.29, 1.82) is 0 Å². The minimum atomic E-state index is -1.28. The molecule has 0 bridgehead atoms. The van der Waals surface area contributed by atoms with Gasteiger partial charge in [0.05, 0.1) is 0 Å². The number of carboxylic acids is 3. The Balaban J connectivity index is -0.000000104. The first-order valence-corrected chi connectivity index (χ1v) is 10.1. The molecular formula is C21H35AlO10. The zero-order valence-corrected chi connectivity index (χ0v) is 20.8. The average Bonchev–Trinajstić information content (AvgIpc) is 2.53. The van der Waals surface area contributed by atoms with Crippen LogP contribution >= 0.6 is 0 Å². The second-order valence-electron chi connectivity index (χ2n) is 6.61. The Labute approximate surface area is 200 Å². The van der Waals surface area contributed by atoms with Crippen LogP contribution in [0.4, 0.5) is 0 Å². The van der Waals surface area contributed by atoms with E-state index in [0.717, 1.165) is 0 Å². The molecule has 11 heteroatoms. The molecule has 0 heterocycles. The Morgan fingerprint density at radius 1 is 0.594 bits per heavy atom. The van der Waals surface area contributed by atoms with Gasteiger partial charge in [-0.3, -0.25) is 14.4 Å². The summed E-state index contributed by atoms with van der Waals surface area (Å²) in [6.07, 6.45) is 1.65. The Morgan fingerprint density at radius 2 is 0.750 bits per heavy atom. The third-order valence-corrected chi connectivity index (χ3v) is 2.61. The van der Waals surface area contributed by atoms with Gasteiger partial charge in [0.25, 0.3) is 0 Å². The minimum Gasteiger partial charge on any atom is -0.550 e. The van der Waals surface area contributed by atoms with Crippen LogP contribution in [0.25, 0.3) is 0 Å². The van der Waals surface area contributed by atoms with Crippen LogP contribution in [-0.4, -0.2) is 63.8 Å². The quantitative estimate of drug-likeness (QED) is 0.257. The van der Waals surface area contributed by atoms with Crippen LogP contribution in [0.3, 0.4) is 0 Å². The van der Waals surface area contributed by atoms with Crippen molar-refractivity contribution in [3.63, 3.8) is 0 Å². The van der Waals surface area contributed by atoms with E-state index >= 15 is 0 Å². The van der Waals surface area contributed by atoms with E-state index in [0.29, 0.717) is 38.5 Å². The van der Waals surface area contributed by atoms with E-state index < -0.39 is 37.2 Å². The van der Waals surface area contributed by atoms with Gasteiger partial charge < -0.3 is 34.8 Å². The van der Waals surface area contributed by atoms with E-state index in [2.05, 4.69) is 0 Å². The molecule has 0 radical (unpaired) electrons.